The Hall–Kier alpha value is -3.07. The highest BCUT2D eigenvalue weighted by Gasteiger charge is 2.47. The minimum absolute atomic E-state index is 0.326. The molecule has 2 N–H and O–H groups in total. The monoisotopic (exact) mass is 413 g/mol. The van der Waals surface area contributed by atoms with Crippen LogP contribution >= 0.6 is 0 Å². The van der Waals surface area contributed by atoms with Crippen LogP contribution in [0.5, 0.6) is 0 Å². The van der Waals surface area contributed by atoms with Gasteiger partial charge in [-0.15, -0.1) is 10.2 Å². The number of benzene rings is 1. The maximum absolute atomic E-state index is 13.7. The third-order valence-corrected chi connectivity index (χ3v) is 5.40. The number of aromatic nitrogens is 3. The summed E-state index contributed by atoms with van der Waals surface area (Å²) in [5.41, 5.74) is 1.96. The van der Waals surface area contributed by atoms with Crippen molar-refractivity contribution in [1.82, 2.24) is 15.2 Å². The Bertz CT molecular complexity index is 1100. The Kier molecular flexibility index (Phi) is 4.91. The predicted molar refractivity (Wildman–Crippen MR) is 110 cm³/mol. The number of sulfonamides is 1. The molecule has 4 rings (SSSR count). The van der Waals surface area contributed by atoms with E-state index in [9.17, 15) is 12.8 Å². The van der Waals surface area contributed by atoms with E-state index in [2.05, 4.69) is 25.2 Å². The van der Waals surface area contributed by atoms with Crippen molar-refractivity contribution in [2.24, 2.45) is 0 Å². The normalized spacial score (nSPS) is 21.2. The molecule has 0 aliphatic heterocycles. The summed E-state index contributed by atoms with van der Waals surface area (Å²) in [6, 6.07) is 16.0. The van der Waals surface area contributed by atoms with E-state index in [1.54, 1.807) is 36.5 Å². The zero-order valence-corrected chi connectivity index (χ0v) is 16.5. The molecule has 1 saturated carbocycles. The second-order valence-electron chi connectivity index (χ2n) is 7.19. The fourth-order valence-electron chi connectivity index (χ4n) is 3.47. The molecule has 150 valence electrons. The van der Waals surface area contributed by atoms with Crippen LogP contribution in [0.15, 0.2) is 60.8 Å². The van der Waals surface area contributed by atoms with Gasteiger partial charge in [0.1, 0.15) is 12.0 Å². The number of halogens is 1. The summed E-state index contributed by atoms with van der Waals surface area (Å²) < 4.78 is 39.0. The molecule has 0 amide bonds. The van der Waals surface area contributed by atoms with Crippen LogP contribution in [0.1, 0.15) is 18.5 Å². The topological polar surface area (TPSA) is 96.9 Å². The Morgan fingerprint density at radius 2 is 1.90 bits per heavy atom. The molecule has 9 heteroatoms. The largest absolute Gasteiger partial charge is 0.357 e. The van der Waals surface area contributed by atoms with Crippen molar-refractivity contribution in [3.05, 3.63) is 66.5 Å². The number of nitrogens with zero attached hydrogens (tertiary/aromatic N) is 3. The van der Waals surface area contributed by atoms with Crippen molar-refractivity contribution in [3.8, 4) is 11.3 Å². The van der Waals surface area contributed by atoms with Crippen molar-refractivity contribution < 1.29 is 12.8 Å². The van der Waals surface area contributed by atoms with Gasteiger partial charge in [-0.2, -0.15) is 0 Å². The van der Waals surface area contributed by atoms with E-state index in [1.807, 2.05) is 24.3 Å². The molecule has 1 aliphatic carbocycles. The molecule has 3 aromatic rings. The van der Waals surface area contributed by atoms with Gasteiger partial charge in [-0.25, -0.2) is 12.8 Å². The fraction of sp³-hybridized carbons (Fsp3) is 0.250. The van der Waals surface area contributed by atoms with Crippen molar-refractivity contribution in [3.63, 3.8) is 0 Å². The molecule has 0 saturated heterocycles. The van der Waals surface area contributed by atoms with Crippen LogP contribution in [-0.2, 0) is 15.6 Å². The van der Waals surface area contributed by atoms with Gasteiger partial charge in [-0.3, -0.25) is 9.71 Å². The van der Waals surface area contributed by atoms with E-state index in [0.29, 0.717) is 30.0 Å². The average Bonchev–Trinajstić information content (AvgIpc) is 2.67. The minimum Gasteiger partial charge on any atom is -0.357 e. The van der Waals surface area contributed by atoms with Gasteiger partial charge in [-0.1, -0.05) is 18.2 Å². The van der Waals surface area contributed by atoms with Crippen LogP contribution in [-0.4, -0.2) is 36.0 Å². The maximum atomic E-state index is 13.7. The smallest absolute Gasteiger partial charge is 0.229 e. The van der Waals surface area contributed by atoms with Gasteiger partial charge >= 0.3 is 0 Å². The first kappa shape index (κ1) is 19.3. The first-order chi connectivity index (χ1) is 13.8. The zero-order valence-electron chi connectivity index (χ0n) is 15.7. The Morgan fingerprint density at radius 3 is 2.52 bits per heavy atom. The molecule has 0 radical (unpaired) electrons. The van der Waals surface area contributed by atoms with E-state index < -0.39 is 21.7 Å². The van der Waals surface area contributed by atoms with Crippen LogP contribution in [0.2, 0.25) is 0 Å². The SMILES string of the molecule is CS(=O)(=O)Nc1cccc(-c2ccc(NC3(c4ccccn4)CC(F)C3)nn2)c1. The van der Waals surface area contributed by atoms with Crippen LogP contribution in [0, 0.1) is 0 Å². The van der Waals surface area contributed by atoms with E-state index in [4.69, 9.17) is 0 Å². The van der Waals surface area contributed by atoms with E-state index in [1.165, 1.54) is 0 Å². The van der Waals surface area contributed by atoms with Gasteiger partial charge in [0.2, 0.25) is 10.0 Å². The van der Waals surface area contributed by atoms with Gasteiger partial charge in [0.25, 0.3) is 0 Å². The van der Waals surface area contributed by atoms with E-state index in [-0.39, 0.29) is 0 Å². The molecule has 2 aromatic heterocycles. The highest BCUT2D eigenvalue weighted by Crippen LogP contribution is 2.44. The van der Waals surface area contributed by atoms with Gasteiger partial charge in [-0.05, 0) is 36.4 Å². The number of rotatable bonds is 6. The number of pyridine rings is 1. The van der Waals surface area contributed by atoms with E-state index >= 15 is 0 Å². The van der Waals surface area contributed by atoms with Crippen LogP contribution in [0.3, 0.4) is 0 Å². The molecule has 1 aromatic carbocycles. The number of hydrogen-bond acceptors (Lipinski definition) is 6. The van der Waals surface area contributed by atoms with Crippen LogP contribution < -0.4 is 10.0 Å². The molecule has 0 atom stereocenters. The summed E-state index contributed by atoms with van der Waals surface area (Å²) in [7, 11) is -3.36. The van der Waals surface area contributed by atoms with Crippen molar-refractivity contribution >= 4 is 21.5 Å². The second-order valence-corrected chi connectivity index (χ2v) is 8.93. The molecular formula is C20H20FN5O2S. The summed E-state index contributed by atoms with van der Waals surface area (Å²) in [6.45, 7) is 0. The quantitative estimate of drug-likeness (QED) is 0.643. The fourth-order valence-corrected chi connectivity index (χ4v) is 4.03. The number of hydrogen-bond donors (Lipinski definition) is 2. The van der Waals surface area contributed by atoms with E-state index in [0.717, 1.165) is 17.5 Å². The van der Waals surface area contributed by atoms with Crippen molar-refractivity contribution in [2.45, 2.75) is 24.6 Å². The van der Waals surface area contributed by atoms with Crippen LogP contribution in [0.25, 0.3) is 11.3 Å². The summed E-state index contributed by atoms with van der Waals surface area (Å²) in [5, 5.41) is 11.8. The highest BCUT2D eigenvalue weighted by molar-refractivity contribution is 7.92. The zero-order chi connectivity index (χ0) is 20.5. The van der Waals surface area contributed by atoms with Crippen molar-refractivity contribution in [2.75, 3.05) is 16.3 Å². The molecule has 0 unspecified atom stereocenters. The molecular weight excluding hydrogens is 393 g/mol. The standard InChI is InChI=1S/C20H20FN5O2S/c1-29(27,28)26-16-6-4-5-14(11-16)17-8-9-19(25-24-17)23-20(12-15(21)13-20)18-7-2-3-10-22-18/h2-11,15,26H,12-13H2,1H3,(H,23,25). The lowest BCUT2D eigenvalue weighted by atomic mass is 9.72. The average molecular weight is 413 g/mol. The third-order valence-electron chi connectivity index (χ3n) is 4.79. The summed E-state index contributed by atoms with van der Waals surface area (Å²) in [5.74, 6) is 0.525. The summed E-state index contributed by atoms with van der Waals surface area (Å²) >= 11 is 0. The number of nitrogens with one attached hydrogen (secondary N) is 2. The highest BCUT2D eigenvalue weighted by atomic mass is 32.2. The molecule has 2 heterocycles. The Labute approximate surface area is 168 Å². The third kappa shape index (κ3) is 4.34. The van der Waals surface area contributed by atoms with Crippen molar-refractivity contribution in [1.29, 1.82) is 0 Å². The molecule has 0 spiro atoms. The predicted octanol–water partition coefficient (Wildman–Crippen LogP) is 3.35. The summed E-state index contributed by atoms with van der Waals surface area (Å²) in [4.78, 5) is 4.37. The Morgan fingerprint density at radius 1 is 1.07 bits per heavy atom. The molecule has 1 aliphatic rings. The molecule has 7 nitrogen and oxygen atoms in total. The lowest BCUT2D eigenvalue weighted by Gasteiger charge is -2.44. The Balaban J connectivity index is 1.55. The first-order valence-electron chi connectivity index (χ1n) is 9.09. The van der Waals surface area contributed by atoms with Crippen LogP contribution in [0.4, 0.5) is 15.9 Å². The van der Waals surface area contributed by atoms with Gasteiger partial charge in [0.15, 0.2) is 0 Å². The molecule has 1 fully saturated rings. The molecule has 29 heavy (non-hydrogen) atoms. The molecule has 0 bridgehead atoms. The summed E-state index contributed by atoms with van der Waals surface area (Å²) in [6.07, 6.45) is 2.57. The first-order valence-corrected chi connectivity index (χ1v) is 11.0. The van der Waals surface area contributed by atoms with Gasteiger partial charge < -0.3 is 5.32 Å². The maximum Gasteiger partial charge on any atom is 0.229 e. The van der Waals surface area contributed by atoms with Gasteiger partial charge in [0, 0.05) is 30.3 Å². The van der Waals surface area contributed by atoms with Gasteiger partial charge in [0.05, 0.1) is 23.2 Å². The minimum atomic E-state index is -3.36. The number of anilines is 2. The lowest BCUT2D eigenvalue weighted by Crippen LogP contribution is -2.49. The lowest BCUT2D eigenvalue weighted by molar-refractivity contribution is 0.111. The number of alkyl halides is 1. The second kappa shape index (κ2) is 7.40.